The van der Waals surface area contributed by atoms with Crippen molar-refractivity contribution in [2.75, 3.05) is 23.7 Å². The zero-order valence-corrected chi connectivity index (χ0v) is 16.5. The highest BCUT2D eigenvalue weighted by atomic mass is 32.2. The van der Waals surface area contributed by atoms with Crippen LogP contribution in [0.15, 0.2) is 24.3 Å². The van der Waals surface area contributed by atoms with Gasteiger partial charge in [-0.1, -0.05) is 18.2 Å². The van der Waals surface area contributed by atoms with Gasteiger partial charge in [0.05, 0.1) is 19.3 Å². The Morgan fingerprint density at radius 1 is 1.26 bits per heavy atom. The molecular weight excluding hydrogens is 403 g/mol. The molecule has 2 aromatic rings. The smallest absolute Gasteiger partial charge is 0.389 e. The van der Waals surface area contributed by atoms with Gasteiger partial charge in [0.2, 0.25) is 10.0 Å². The molecule has 0 aliphatic carbocycles. The number of carbonyl (C=O) groups is 1. The number of methoxy groups -OCH3 is 1. The van der Waals surface area contributed by atoms with Gasteiger partial charge >= 0.3 is 12.1 Å². The first kappa shape index (κ1) is 21.5. The van der Waals surface area contributed by atoms with Gasteiger partial charge in [-0.15, -0.1) is 11.3 Å². The van der Waals surface area contributed by atoms with Crippen LogP contribution in [0.4, 0.5) is 18.2 Å². The predicted molar refractivity (Wildman–Crippen MR) is 99.6 cm³/mol. The number of halogens is 3. The molecule has 2 rings (SSSR count). The van der Waals surface area contributed by atoms with E-state index in [1.807, 2.05) is 24.3 Å². The number of aryl methyl sites for hydroxylation is 1. The summed E-state index contributed by atoms with van der Waals surface area (Å²) in [5, 5.41) is 1.23. The summed E-state index contributed by atoms with van der Waals surface area (Å²) in [4.78, 5) is 11.3. The number of sulfonamides is 1. The summed E-state index contributed by atoms with van der Waals surface area (Å²) in [5.74, 6) is -1.22. The topological polar surface area (TPSA) is 63.7 Å². The predicted octanol–water partition coefficient (Wildman–Crippen LogP) is 4.25. The number of hydrogen-bond acceptors (Lipinski definition) is 5. The van der Waals surface area contributed by atoms with Gasteiger partial charge in [0.25, 0.3) is 0 Å². The van der Waals surface area contributed by atoms with E-state index < -0.39 is 34.3 Å². The summed E-state index contributed by atoms with van der Waals surface area (Å²) in [6.07, 6.45) is -6.18. The van der Waals surface area contributed by atoms with Crippen LogP contribution in [0.5, 0.6) is 0 Å². The largest absolute Gasteiger partial charge is 0.469 e. The lowest BCUT2D eigenvalue weighted by atomic mass is 10.2. The van der Waals surface area contributed by atoms with Gasteiger partial charge in [-0.05, 0) is 30.4 Å². The van der Waals surface area contributed by atoms with E-state index in [1.54, 1.807) is 6.92 Å². The quantitative estimate of drug-likeness (QED) is 0.596. The zero-order chi connectivity index (χ0) is 20.2. The highest BCUT2D eigenvalue weighted by Gasteiger charge is 2.30. The molecule has 1 aromatic carbocycles. The molecule has 1 aromatic heterocycles. The minimum Gasteiger partial charge on any atom is -0.469 e. The number of thiophene rings is 1. The number of anilines is 1. The summed E-state index contributed by atoms with van der Waals surface area (Å²) < 4.78 is 69.4. The Morgan fingerprint density at radius 2 is 1.93 bits per heavy atom. The average Bonchev–Trinajstić information content (AvgIpc) is 2.92. The lowest BCUT2D eigenvalue weighted by Crippen LogP contribution is -2.35. The standard InChI is InChI=1S/C17H20F3NO4S2/c1-12-13-6-3-4-7-14(13)26-16(12)21(10-5-9-17(18,19)20)27(23,24)11-8-15(22)25-2/h3-4,6-7H,5,8-11H2,1-2H3. The lowest BCUT2D eigenvalue weighted by Gasteiger charge is -2.24. The van der Waals surface area contributed by atoms with Gasteiger partial charge in [-0.25, -0.2) is 8.42 Å². The Bertz CT molecular complexity index is 907. The Hall–Kier alpha value is -1.81. The van der Waals surface area contributed by atoms with Crippen LogP contribution >= 0.6 is 11.3 Å². The molecule has 0 saturated carbocycles. The zero-order valence-electron chi connectivity index (χ0n) is 14.9. The molecule has 0 unspecified atom stereocenters. The molecule has 1 heterocycles. The fourth-order valence-electron chi connectivity index (χ4n) is 2.61. The number of hydrogen-bond donors (Lipinski definition) is 0. The Balaban J connectivity index is 2.36. The number of alkyl halides is 3. The van der Waals surface area contributed by atoms with Crippen LogP contribution in [0, 0.1) is 6.92 Å². The van der Waals surface area contributed by atoms with Crippen molar-refractivity contribution in [1.29, 1.82) is 0 Å². The van der Waals surface area contributed by atoms with E-state index in [1.165, 1.54) is 11.3 Å². The molecule has 0 fully saturated rings. The van der Waals surface area contributed by atoms with E-state index in [0.717, 1.165) is 21.5 Å². The van der Waals surface area contributed by atoms with Crippen LogP contribution in [-0.4, -0.2) is 40.0 Å². The second-order valence-corrected chi connectivity index (χ2v) is 9.00. The lowest BCUT2D eigenvalue weighted by molar-refractivity contribution is -0.140. The first-order valence-corrected chi connectivity index (χ1v) is 10.6. The van der Waals surface area contributed by atoms with Gasteiger partial charge in [-0.2, -0.15) is 13.2 Å². The molecule has 0 bridgehead atoms. The van der Waals surface area contributed by atoms with E-state index in [9.17, 15) is 26.4 Å². The van der Waals surface area contributed by atoms with Crippen molar-refractivity contribution >= 4 is 42.4 Å². The summed E-state index contributed by atoms with van der Waals surface area (Å²) in [7, 11) is -2.85. The number of ether oxygens (including phenoxy) is 1. The fraction of sp³-hybridized carbons (Fsp3) is 0.471. The molecule has 0 aliphatic rings. The van der Waals surface area contributed by atoms with Crippen molar-refractivity contribution in [3.05, 3.63) is 29.8 Å². The van der Waals surface area contributed by atoms with Crippen molar-refractivity contribution in [1.82, 2.24) is 0 Å². The minimum atomic E-state index is -4.36. The van der Waals surface area contributed by atoms with E-state index in [2.05, 4.69) is 4.74 Å². The van der Waals surface area contributed by atoms with E-state index in [0.29, 0.717) is 10.6 Å². The molecule has 0 radical (unpaired) electrons. The third kappa shape index (κ3) is 5.58. The molecule has 0 aliphatic heterocycles. The van der Waals surface area contributed by atoms with Crippen LogP contribution in [0.1, 0.15) is 24.8 Å². The summed E-state index contributed by atoms with van der Waals surface area (Å²) in [5.41, 5.74) is 0.684. The average molecular weight is 423 g/mol. The molecule has 0 spiro atoms. The van der Waals surface area contributed by atoms with Crippen molar-refractivity contribution < 1.29 is 31.1 Å². The number of benzene rings is 1. The Morgan fingerprint density at radius 3 is 2.52 bits per heavy atom. The third-order valence-corrected chi connectivity index (χ3v) is 7.16. The maximum absolute atomic E-state index is 12.8. The first-order valence-electron chi connectivity index (χ1n) is 8.17. The molecule has 0 amide bonds. The van der Waals surface area contributed by atoms with Gasteiger partial charge in [0, 0.05) is 17.7 Å². The molecule has 150 valence electrons. The van der Waals surface area contributed by atoms with Crippen LogP contribution in [0.25, 0.3) is 10.1 Å². The van der Waals surface area contributed by atoms with Crippen LogP contribution < -0.4 is 4.31 Å². The normalized spacial score (nSPS) is 12.3. The number of fused-ring (bicyclic) bond motifs is 1. The summed E-state index contributed by atoms with van der Waals surface area (Å²) in [6.45, 7) is 1.43. The van der Waals surface area contributed by atoms with Gasteiger partial charge in [0.1, 0.15) is 5.00 Å². The maximum atomic E-state index is 12.8. The maximum Gasteiger partial charge on any atom is 0.389 e. The second kappa shape index (κ2) is 8.47. The summed E-state index contributed by atoms with van der Waals surface area (Å²) >= 11 is 1.21. The van der Waals surface area contributed by atoms with Crippen LogP contribution in [0.3, 0.4) is 0 Å². The van der Waals surface area contributed by atoms with Crippen LogP contribution in [-0.2, 0) is 19.6 Å². The Labute approximate surface area is 159 Å². The monoisotopic (exact) mass is 423 g/mol. The van der Waals surface area contributed by atoms with E-state index >= 15 is 0 Å². The molecule has 0 N–H and O–H groups in total. The SMILES string of the molecule is COC(=O)CCS(=O)(=O)N(CCCC(F)(F)F)c1sc2ccccc2c1C. The first-order chi connectivity index (χ1) is 12.5. The molecule has 0 saturated heterocycles. The molecule has 10 heteroatoms. The highest BCUT2D eigenvalue weighted by molar-refractivity contribution is 7.93. The van der Waals surface area contributed by atoms with Crippen molar-refractivity contribution in [2.24, 2.45) is 0 Å². The van der Waals surface area contributed by atoms with Gasteiger partial charge < -0.3 is 4.74 Å². The Kier molecular flexibility index (Phi) is 6.74. The molecule has 5 nitrogen and oxygen atoms in total. The second-order valence-electron chi connectivity index (χ2n) is 5.96. The van der Waals surface area contributed by atoms with E-state index in [-0.39, 0.29) is 19.4 Å². The number of rotatable bonds is 8. The van der Waals surface area contributed by atoms with Crippen molar-refractivity contribution in [3.63, 3.8) is 0 Å². The van der Waals surface area contributed by atoms with Crippen molar-refractivity contribution in [3.8, 4) is 0 Å². The molecule has 27 heavy (non-hydrogen) atoms. The minimum absolute atomic E-state index is 0.309. The molecule has 0 atom stereocenters. The number of carbonyl (C=O) groups excluding carboxylic acids is 1. The summed E-state index contributed by atoms with van der Waals surface area (Å²) in [6, 6.07) is 7.28. The van der Waals surface area contributed by atoms with E-state index in [4.69, 9.17) is 0 Å². The fourth-order valence-corrected chi connectivity index (χ4v) is 5.65. The van der Waals surface area contributed by atoms with Crippen molar-refractivity contribution in [2.45, 2.75) is 32.4 Å². The van der Waals surface area contributed by atoms with Crippen LogP contribution in [0.2, 0.25) is 0 Å². The van der Waals surface area contributed by atoms with Gasteiger partial charge in [-0.3, -0.25) is 9.10 Å². The number of nitrogens with zero attached hydrogens (tertiary/aromatic N) is 1. The highest BCUT2D eigenvalue weighted by Crippen LogP contribution is 2.39. The van der Waals surface area contributed by atoms with Gasteiger partial charge in [0.15, 0.2) is 0 Å². The number of esters is 1. The third-order valence-electron chi connectivity index (χ3n) is 3.99. The molecular formula is C17H20F3NO4S2.